The number of hydrogen-bond donors (Lipinski definition) is 3. The Bertz CT molecular complexity index is 929. The fraction of sp³-hybridized carbons (Fsp3) is 0.400. The summed E-state index contributed by atoms with van der Waals surface area (Å²) in [6, 6.07) is 15.9. The lowest BCUT2D eigenvalue weighted by molar-refractivity contribution is -0.141. The lowest BCUT2D eigenvalue weighted by Crippen LogP contribution is -2.41. The molecule has 0 aliphatic heterocycles. The van der Waals surface area contributed by atoms with Gasteiger partial charge in [-0.05, 0) is 28.7 Å². The van der Waals surface area contributed by atoms with Gasteiger partial charge in [-0.2, -0.15) is 0 Å². The summed E-state index contributed by atoms with van der Waals surface area (Å²) < 4.78 is 5.57. The first-order valence-electron chi connectivity index (χ1n) is 11.0. The third-order valence-corrected chi connectivity index (χ3v) is 5.76. The lowest BCUT2D eigenvalue weighted by Gasteiger charge is -2.19. The summed E-state index contributed by atoms with van der Waals surface area (Å²) >= 11 is 0. The summed E-state index contributed by atoms with van der Waals surface area (Å²) in [7, 11) is 0. The Labute approximate surface area is 188 Å². The second kappa shape index (κ2) is 10.8. The summed E-state index contributed by atoms with van der Waals surface area (Å²) in [4.78, 5) is 35.6. The molecule has 0 heterocycles. The number of carbonyl (C=O) groups is 3. The second-order valence-electron chi connectivity index (χ2n) is 8.20. The lowest BCUT2D eigenvalue weighted by atomic mass is 9.98. The van der Waals surface area contributed by atoms with Crippen molar-refractivity contribution in [2.24, 2.45) is 5.92 Å². The average molecular weight is 439 g/mol. The van der Waals surface area contributed by atoms with E-state index in [0.29, 0.717) is 6.42 Å². The Morgan fingerprint density at radius 3 is 2.19 bits per heavy atom. The molecule has 7 nitrogen and oxygen atoms in total. The van der Waals surface area contributed by atoms with Crippen LogP contribution in [0.25, 0.3) is 11.1 Å². The number of aliphatic carboxylic acids is 1. The van der Waals surface area contributed by atoms with E-state index >= 15 is 0 Å². The van der Waals surface area contributed by atoms with E-state index in [2.05, 4.69) is 34.9 Å². The zero-order chi connectivity index (χ0) is 23.1. The van der Waals surface area contributed by atoms with Crippen LogP contribution in [-0.4, -0.2) is 42.3 Å². The van der Waals surface area contributed by atoms with Crippen LogP contribution in [0.3, 0.4) is 0 Å². The van der Waals surface area contributed by atoms with E-state index in [1.165, 1.54) is 6.92 Å². The molecule has 1 aliphatic rings. The molecule has 0 fully saturated rings. The molecular formula is C25H30N2O5. The van der Waals surface area contributed by atoms with Gasteiger partial charge in [-0.1, -0.05) is 68.8 Å². The molecule has 0 saturated carbocycles. The number of nitrogens with one attached hydrogen (secondary N) is 2. The molecule has 32 heavy (non-hydrogen) atoms. The summed E-state index contributed by atoms with van der Waals surface area (Å²) in [6.07, 6.45) is 0.917. The van der Waals surface area contributed by atoms with E-state index in [1.807, 2.05) is 31.2 Å². The Morgan fingerprint density at radius 2 is 1.62 bits per heavy atom. The number of hydrogen-bond acceptors (Lipinski definition) is 4. The topological polar surface area (TPSA) is 105 Å². The number of carboxylic acid groups (broad SMARTS) is 1. The van der Waals surface area contributed by atoms with E-state index < -0.39 is 18.0 Å². The van der Waals surface area contributed by atoms with Gasteiger partial charge in [0, 0.05) is 24.9 Å². The molecule has 0 saturated heterocycles. The van der Waals surface area contributed by atoms with E-state index in [0.717, 1.165) is 28.7 Å². The smallest absolute Gasteiger partial charge is 0.407 e. The highest BCUT2D eigenvalue weighted by molar-refractivity contribution is 5.80. The summed E-state index contributed by atoms with van der Waals surface area (Å²) in [6.45, 7) is 3.76. The highest BCUT2D eigenvalue weighted by Crippen LogP contribution is 2.44. The Balaban J connectivity index is 1.56. The molecule has 170 valence electrons. The van der Waals surface area contributed by atoms with Gasteiger partial charge in [0.15, 0.2) is 0 Å². The van der Waals surface area contributed by atoms with Gasteiger partial charge in [-0.25, -0.2) is 4.79 Å². The molecule has 2 aromatic carbocycles. The molecule has 2 amide bonds. The summed E-state index contributed by atoms with van der Waals surface area (Å²) in [5.41, 5.74) is 4.60. The number of ether oxygens (including phenoxy) is 1. The monoisotopic (exact) mass is 438 g/mol. The largest absolute Gasteiger partial charge is 0.481 e. The molecule has 2 aromatic rings. The van der Waals surface area contributed by atoms with Crippen LogP contribution in [0.1, 0.15) is 50.2 Å². The molecule has 0 aromatic heterocycles. The minimum absolute atomic E-state index is 0.0291. The highest BCUT2D eigenvalue weighted by atomic mass is 16.5. The molecule has 3 N–H and O–H groups in total. The van der Waals surface area contributed by atoms with E-state index in [9.17, 15) is 14.4 Å². The summed E-state index contributed by atoms with van der Waals surface area (Å²) in [5, 5.41) is 14.3. The number of rotatable bonds is 10. The molecule has 2 atom stereocenters. The van der Waals surface area contributed by atoms with Crippen molar-refractivity contribution in [1.29, 1.82) is 0 Å². The number of amides is 2. The maximum absolute atomic E-state index is 12.5. The standard InChI is InChI=1S/C25H30N2O5/c1-3-8-17(13-23(28)26-14-16(2)24(29)30)27-25(31)32-15-22-20-11-6-4-9-18(20)19-10-5-7-12-21(19)22/h4-7,9-12,16-17,22H,3,8,13-15H2,1-2H3,(H,26,28)(H,27,31)(H,29,30)/t16?,17-/m1/s1. The SMILES string of the molecule is CCC[C@H](CC(=O)NCC(C)C(=O)O)NC(=O)OCC1c2ccccc2-c2ccccc21. The van der Waals surface area contributed by atoms with Crippen LogP contribution < -0.4 is 10.6 Å². The minimum Gasteiger partial charge on any atom is -0.481 e. The Morgan fingerprint density at radius 1 is 1.03 bits per heavy atom. The van der Waals surface area contributed by atoms with Crippen LogP contribution in [0, 0.1) is 5.92 Å². The molecule has 7 heteroatoms. The quantitative estimate of drug-likeness (QED) is 0.521. The maximum atomic E-state index is 12.5. The fourth-order valence-electron chi connectivity index (χ4n) is 4.03. The number of fused-ring (bicyclic) bond motifs is 3. The van der Waals surface area contributed by atoms with Gasteiger partial charge in [-0.15, -0.1) is 0 Å². The van der Waals surface area contributed by atoms with Crippen LogP contribution in [0.5, 0.6) is 0 Å². The van der Waals surface area contributed by atoms with Crippen molar-refractivity contribution in [3.63, 3.8) is 0 Å². The molecular weight excluding hydrogens is 408 g/mol. The van der Waals surface area contributed by atoms with Gasteiger partial charge in [0.2, 0.25) is 5.91 Å². The molecule has 0 spiro atoms. The van der Waals surface area contributed by atoms with Gasteiger partial charge >= 0.3 is 12.1 Å². The Hall–Kier alpha value is -3.35. The third-order valence-electron chi connectivity index (χ3n) is 5.76. The molecule has 0 radical (unpaired) electrons. The summed E-state index contributed by atoms with van der Waals surface area (Å²) in [5.74, 6) is -1.96. The first-order chi connectivity index (χ1) is 15.4. The number of benzene rings is 2. The van der Waals surface area contributed by atoms with Crippen LogP contribution in [-0.2, 0) is 14.3 Å². The highest BCUT2D eigenvalue weighted by Gasteiger charge is 2.29. The van der Waals surface area contributed by atoms with Crippen molar-refractivity contribution in [3.05, 3.63) is 59.7 Å². The van der Waals surface area contributed by atoms with E-state index in [-0.39, 0.29) is 37.4 Å². The van der Waals surface area contributed by atoms with Crippen molar-refractivity contribution in [2.75, 3.05) is 13.2 Å². The Kier molecular flexibility index (Phi) is 7.87. The maximum Gasteiger partial charge on any atom is 0.407 e. The van der Waals surface area contributed by atoms with Gasteiger partial charge in [0.25, 0.3) is 0 Å². The number of carboxylic acids is 1. The molecule has 1 aliphatic carbocycles. The molecule has 1 unspecified atom stereocenters. The zero-order valence-corrected chi connectivity index (χ0v) is 18.5. The number of carbonyl (C=O) groups excluding carboxylic acids is 2. The van der Waals surface area contributed by atoms with Crippen molar-refractivity contribution >= 4 is 18.0 Å². The van der Waals surface area contributed by atoms with Crippen molar-refractivity contribution < 1.29 is 24.2 Å². The third kappa shape index (κ3) is 5.66. The van der Waals surface area contributed by atoms with E-state index in [4.69, 9.17) is 9.84 Å². The van der Waals surface area contributed by atoms with Gasteiger partial charge in [0.1, 0.15) is 6.61 Å². The van der Waals surface area contributed by atoms with Crippen molar-refractivity contribution in [3.8, 4) is 11.1 Å². The van der Waals surface area contributed by atoms with Crippen LogP contribution in [0.2, 0.25) is 0 Å². The molecule has 0 bridgehead atoms. The van der Waals surface area contributed by atoms with Crippen molar-refractivity contribution in [1.82, 2.24) is 10.6 Å². The first-order valence-corrected chi connectivity index (χ1v) is 11.0. The fourth-order valence-corrected chi connectivity index (χ4v) is 4.03. The van der Waals surface area contributed by atoms with E-state index in [1.54, 1.807) is 0 Å². The first kappa shape index (κ1) is 23.3. The van der Waals surface area contributed by atoms with Crippen molar-refractivity contribution in [2.45, 2.75) is 45.1 Å². The van der Waals surface area contributed by atoms with Crippen LogP contribution >= 0.6 is 0 Å². The second-order valence-corrected chi connectivity index (χ2v) is 8.20. The van der Waals surface area contributed by atoms with Crippen LogP contribution in [0.15, 0.2) is 48.5 Å². The predicted molar refractivity (Wildman–Crippen MR) is 121 cm³/mol. The van der Waals surface area contributed by atoms with Gasteiger partial charge < -0.3 is 20.5 Å². The normalized spacial score (nSPS) is 14.1. The number of alkyl carbamates (subject to hydrolysis) is 1. The van der Waals surface area contributed by atoms with Gasteiger partial charge in [-0.3, -0.25) is 9.59 Å². The minimum atomic E-state index is -0.966. The van der Waals surface area contributed by atoms with Crippen LogP contribution in [0.4, 0.5) is 4.79 Å². The average Bonchev–Trinajstić information content (AvgIpc) is 3.10. The zero-order valence-electron chi connectivity index (χ0n) is 18.5. The van der Waals surface area contributed by atoms with Gasteiger partial charge in [0.05, 0.1) is 5.92 Å². The molecule has 3 rings (SSSR count). The predicted octanol–water partition coefficient (Wildman–Crippen LogP) is 3.92.